The molecule has 52 valence electrons. The maximum Gasteiger partial charge on any atom is 0.0266 e. The largest absolute Gasteiger partial charge is 0.175 e. The van der Waals surface area contributed by atoms with Gasteiger partial charge in [0.2, 0.25) is 0 Å². The van der Waals surface area contributed by atoms with Crippen molar-refractivity contribution in [2.75, 3.05) is 5.75 Å². The van der Waals surface area contributed by atoms with Gasteiger partial charge in [-0.15, -0.1) is 6.58 Å². The zero-order valence-corrected chi connectivity index (χ0v) is 7.17. The van der Waals surface area contributed by atoms with E-state index in [4.69, 9.17) is 0 Å². The molecule has 0 aromatic heterocycles. The molecule has 0 N–H and O–H groups in total. The Labute approximate surface area is 67.9 Å². The van der Waals surface area contributed by atoms with Crippen LogP contribution in [0.1, 0.15) is 6.42 Å². The van der Waals surface area contributed by atoms with Crippen LogP contribution >= 0.6 is 25.3 Å². The van der Waals surface area contributed by atoms with Crippen LogP contribution in [0, 0.1) is 0 Å². The number of hydrogen-bond donors (Lipinski definition) is 2. The summed E-state index contributed by atoms with van der Waals surface area (Å²) in [6.45, 7) is 7.39. The third-order valence-corrected chi connectivity index (χ3v) is 2.05. The molecule has 0 aliphatic rings. The maximum atomic E-state index is 4.27. The average molecular weight is 160 g/mol. The third-order valence-electron chi connectivity index (χ3n) is 1.06. The number of rotatable bonds is 4. The minimum atomic E-state index is 0.236. The van der Waals surface area contributed by atoms with Gasteiger partial charge in [-0.3, -0.25) is 0 Å². The molecule has 0 radical (unpaired) electrons. The molecule has 0 bridgehead atoms. The van der Waals surface area contributed by atoms with Crippen molar-refractivity contribution in [1.29, 1.82) is 0 Å². The lowest BCUT2D eigenvalue weighted by Crippen LogP contribution is -2.01. The Morgan fingerprint density at radius 2 is 2.22 bits per heavy atom. The van der Waals surface area contributed by atoms with Gasteiger partial charge in [0.1, 0.15) is 0 Å². The van der Waals surface area contributed by atoms with Crippen LogP contribution in [0.25, 0.3) is 0 Å². The molecule has 9 heavy (non-hydrogen) atoms. The molecule has 2 heteroatoms. The quantitative estimate of drug-likeness (QED) is 0.458. The molecular formula is C7H12S2. The van der Waals surface area contributed by atoms with E-state index in [9.17, 15) is 0 Å². The summed E-state index contributed by atoms with van der Waals surface area (Å²) in [6, 6.07) is 0. The lowest BCUT2D eigenvalue weighted by atomic mass is 10.2. The van der Waals surface area contributed by atoms with E-state index in [1.165, 1.54) is 0 Å². The van der Waals surface area contributed by atoms with Gasteiger partial charge in [0.05, 0.1) is 0 Å². The van der Waals surface area contributed by atoms with Crippen molar-refractivity contribution < 1.29 is 0 Å². The summed E-state index contributed by atoms with van der Waals surface area (Å²) < 4.78 is 0. The van der Waals surface area contributed by atoms with Gasteiger partial charge >= 0.3 is 0 Å². The highest BCUT2D eigenvalue weighted by atomic mass is 32.1. The van der Waals surface area contributed by atoms with E-state index >= 15 is 0 Å². The number of hydrogen-bond acceptors (Lipinski definition) is 2. The van der Waals surface area contributed by atoms with Gasteiger partial charge in [-0.25, -0.2) is 0 Å². The van der Waals surface area contributed by atoms with Crippen molar-refractivity contribution in [3.05, 3.63) is 24.8 Å². The van der Waals surface area contributed by atoms with Gasteiger partial charge in [0.15, 0.2) is 0 Å². The fraction of sp³-hybridized carbons (Fsp3) is 0.429. The molecule has 0 aliphatic carbocycles. The second-order valence-electron chi connectivity index (χ2n) is 1.86. The van der Waals surface area contributed by atoms with Gasteiger partial charge in [0.25, 0.3) is 0 Å². The van der Waals surface area contributed by atoms with Gasteiger partial charge in [-0.1, -0.05) is 18.2 Å². The summed E-state index contributed by atoms with van der Waals surface area (Å²) in [5, 5.41) is 0.236. The molecule has 0 nitrogen and oxygen atoms in total. The first kappa shape index (κ1) is 9.18. The zero-order chi connectivity index (χ0) is 7.28. The number of thiol groups is 2. The van der Waals surface area contributed by atoms with Crippen molar-refractivity contribution in [2.45, 2.75) is 11.7 Å². The Hall–Kier alpha value is 0.180. The van der Waals surface area contributed by atoms with Crippen LogP contribution in [-0.4, -0.2) is 11.0 Å². The predicted octanol–water partition coefficient (Wildman–Crippen LogP) is 2.35. The molecule has 0 aromatic rings. The second-order valence-corrected chi connectivity index (χ2v) is 2.80. The first-order valence-electron chi connectivity index (χ1n) is 2.79. The Kier molecular flexibility index (Phi) is 5.10. The van der Waals surface area contributed by atoms with Crippen LogP contribution in [0.3, 0.4) is 0 Å². The third kappa shape index (κ3) is 3.71. The minimum absolute atomic E-state index is 0.236. The summed E-state index contributed by atoms with van der Waals surface area (Å²) in [7, 11) is 0. The molecule has 0 saturated carbocycles. The monoisotopic (exact) mass is 160 g/mol. The topological polar surface area (TPSA) is 0 Å². The maximum absolute atomic E-state index is 4.27. The minimum Gasteiger partial charge on any atom is -0.175 e. The van der Waals surface area contributed by atoms with Crippen LogP contribution in [0.2, 0.25) is 0 Å². The van der Waals surface area contributed by atoms with Gasteiger partial charge in [-0.2, -0.15) is 25.3 Å². The lowest BCUT2D eigenvalue weighted by Gasteiger charge is -2.07. The molecule has 0 fully saturated rings. The fourth-order valence-electron chi connectivity index (χ4n) is 0.430. The summed E-state index contributed by atoms with van der Waals surface area (Å²) in [4.78, 5) is 0. The summed E-state index contributed by atoms with van der Waals surface area (Å²) in [6.07, 6.45) is 2.72. The predicted molar refractivity (Wildman–Crippen MR) is 50.6 cm³/mol. The van der Waals surface area contributed by atoms with E-state index in [0.717, 1.165) is 12.0 Å². The highest BCUT2D eigenvalue weighted by Crippen LogP contribution is 2.12. The molecule has 0 aliphatic heterocycles. The highest BCUT2D eigenvalue weighted by Gasteiger charge is 2.01. The van der Waals surface area contributed by atoms with Gasteiger partial charge in [0, 0.05) is 11.0 Å². The van der Waals surface area contributed by atoms with Gasteiger partial charge < -0.3 is 0 Å². The van der Waals surface area contributed by atoms with E-state index in [1.807, 2.05) is 6.08 Å². The summed E-state index contributed by atoms with van der Waals surface area (Å²) in [5.74, 6) is 0.710. The summed E-state index contributed by atoms with van der Waals surface area (Å²) in [5.41, 5.74) is 1.06. The standard InChI is InChI=1S/C7H12S2/c1-3-4-7(9)6(2)5-8/h3,7-9H,1-2,4-5H2. The Balaban J connectivity index is 3.58. The first-order chi connectivity index (χ1) is 4.22. The van der Waals surface area contributed by atoms with Crippen LogP contribution in [0.4, 0.5) is 0 Å². The fourth-order valence-corrected chi connectivity index (χ4v) is 1.03. The molecule has 1 atom stereocenters. The molecule has 0 aromatic carbocycles. The zero-order valence-electron chi connectivity index (χ0n) is 5.38. The molecule has 0 saturated heterocycles. The Morgan fingerprint density at radius 3 is 2.56 bits per heavy atom. The Bertz CT molecular complexity index is 107. The van der Waals surface area contributed by atoms with Crippen molar-refractivity contribution >= 4 is 25.3 Å². The Morgan fingerprint density at radius 1 is 1.67 bits per heavy atom. The summed E-state index contributed by atoms with van der Waals surface area (Å²) >= 11 is 8.33. The van der Waals surface area contributed by atoms with E-state index in [2.05, 4.69) is 38.4 Å². The van der Waals surface area contributed by atoms with Gasteiger partial charge in [-0.05, 0) is 6.42 Å². The van der Waals surface area contributed by atoms with Crippen molar-refractivity contribution in [3.63, 3.8) is 0 Å². The molecular weight excluding hydrogens is 148 g/mol. The van der Waals surface area contributed by atoms with Crippen LogP contribution in [0.15, 0.2) is 24.8 Å². The molecule has 0 amide bonds. The van der Waals surface area contributed by atoms with Crippen molar-refractivity contribution in [1.82, 2.24) is 0 Å². The normalized spacial score (nSPS) is 12.7. The first-order valence-corrected chi connectivity index (χ1v) is 3.94. The van der Waals surface area contributed by atoms with Crippen LogP contribution in [0.5, 0.6) is 0 Å². The highest BCUT2D eigenvalue weighted by molar-refractivity contribution is 7.82. The van der Waals surface area contributed by atoms with E-state index in [-0.39, 0.29) is 5.25 Å². The SMILES string of the molecule is C=CCC(S)C(=C)CS. The average Bonchev–Trinajstić information content (AvgIpc) is 1.87. The molecule has 0 spiro atoms. The van der Waals surface area contributed by atoms with E-state index < -0.39 is 0 Å². The molecule has 1 unspecified atom stereocenters. The van der Waals surface area contributed by atoms with Crippen LogP contribution in [-0.2, 0) is 0 Å². The van der Waals surface area contributed by atoms with E-state index in [1.54, 1.807) is 0 Å². The van der Waals surface area contributed by atoms with E-state index in [0.29, 0.717) is 5.75 Å². The van der Waals surface area contributed by atoms with Crippen molar-refractivity contribution in [3.8, 4) is 0 Å². The lowest BCUT2D eigenvalue weighted by molar-refractivity contribution is 1.02. The van der Waals surface area contributed by atoms with Crippen molar-refractivity contribution in [2.24, 2.45) is 0 Å². The second kappa shape index (κ2) is 5.00. The molecule has 0 rings (SSSR count). The van der Waals surface area contributed by atoms with Crippen LogP contribution < -0.4 is 0 Å². The molecule has 0 heterocycles. The number of allylic oxidation sites excluding steroid dienone is 1. The smallest absolute Gasteiger partial charge is 0.0266 e.